The van der Waals surface area contributed by atoms with Crippen LogP contribution in [0.4, 0.5) is 13.2 Å². The molecule has 7 nitrogen and oxygen atoms in total. The van der Waals surface area contributed by atoms with Gasteiger partial charge in [-0.1, -0.05) is 24.3 Å². The topological polar surface area (TPSA) is 99.4 Å². The van der Waals surface area contributed by atoms with Crippen molar-refractivity contribution in [1.82, 2.24) is 15.3 Å². The Morgan fingerprint density at radius 2 is 2.03 bits per heavy atom. The van der Waals surface area contributed by atoms with Crippen molar-refractivity contribution in [1.29, 1.82) is 0 Å². The summed E-state index contributed by atoms with van der Waals surface area (Å²) in [4.78, 5) is 20.1. The molecule has 10 heteroatoms. The quantitative estimate of drug-likeness (QED) is 0.447. The highest BCUT2D eigenvalue weighted by Crippen LogP contribution is 2.26. The summed E-state index contributed by atoms with van der Waals surface area (Å²) in [7, 11) is 1.48. The number of ether oxygens (including phenoxy) is 2. The van der Waals surface area contributed by atoms with Gasteiger partial charge in [0, 0.05) is 29.8 Å². The van der Waals surface area contributed by atoms with Crippen molar-refractivity contribution in [3.63, 3.8) is 0 Å². The smallest absolute Gasteiger partial charge is 0.220 e. The molecule has 0 bridgehead atoms. The first-order valence-corrected chi connectivity index (χ1v) is 11.8. The van der Waals surface area contributed by atoms with Crippen LogP contribution in [0, 0.1) is 17.5 Å². The highest BCUT2D eigenvalue weighted by Gasteiger charge is 2.31. The molecule has 0 unspecified atom stereocenters. The van der Waals surface area contributed by atoms with Crippen LogP contribution in [0.5, 0.6) is 5.88 Å². The number of nitrogens with two attached hydrogens (primary N) is 1. The number of nitrogens with zero attached hydrogens (tertiary/aromatic N) is 2. The lowest BCUT2D eigenvalue weighted by Crippen LogP contribution is -2.48. The summed E-state index contributed by atoms with van der Waals surface area (Å²) in [5.41, 5.74) is 6.72. The molecule has 0 aliphatic carbocycles. The van der Waals surface area contributed by atoms with Crippen LogP contribution < -0.4 is 15.8 Å². The first kappa shape index (κ1) is 26.3. The lowest BCUT2D eigenvalue weighted by molar-refractivity contribution is -0.124. The Hall–Kier alpha value is -3.76. The molecule has 37 heavy (non-hydrogen) atoms. The molecule has 1 aliphatic rings. The Bertz CT molecular complexity index is 1330. The van der Waals surface area contributed by atoms with Gasteiger partial charge in [-0.05, 0) is 37.1 Å². The van der Waals surface area contributed by atoms with Gasteiger partial charge in [-0.2, -0.15) is 0 Å². The molecule has 1 amide bonds. The molecule has 3 aromatic rings. The van der Waals surface area contributed by atoms with Crippen LogP contribution in [0.25, 0.3) is 23.2 Å². The van der Waals surface area contributed by atoms with E-state index in [-0.39, 0.29) is 29.7 Å². The van der Waals surface area contributed by atoms with Crippen molar-refractivity contribution in [2.24, 2.45) is 5.73 Å². The second kappa shape index (κ2) is 12.0. The molecule has 1 aliphatic heterocycles. The molecule has 0 saturated carbocycles. The minimum atomic E-state index is -0.532. The summed E-state index contributed by atoms with van der Waals surface area (Å²) in [5, 5.41) is 3.27. The van der Waals surface area contributed by atoms with Crippen LogP contribution in [0.3, 0.4) is 0 Å². The molecule has 1 aromatic carbocycles. The van der Waals surface area contributed by atoms with Crippen LogP contribution in [-0.2, 0) is 9.53 Å². The summed E-state index contributed by atoms with van der Waals surface area (Å²) in [6.45, 7) is 0.349. The summed E-state index contributed by atoms with van der Waals surface area (Å²) in [6, 6.07) is 6.40. The van der Waals surface area contributed by atoms with Crippen LogP contribution in [0.15, 0.2) is 48.7 Å². The van der Waals surface area contributed by atoms with Crippen LogP contribution in [0.2, 0.25) is 0 Å². The number of hydrogen-bond acceptors (Lipinski definition) is 6. The fourth-order valence-electron chi connectivity index (χ4n) is 4.25. The standard InChI is InChI=1S/C27H27F3N4O3/c1-36-26-11-10-23-27(34-26)19(21(30)15-33-23)7-5-18-6-9-22(24(37-18)14-25(31)35)32-12-2-3-16-13-17(28)4-8-20(16)29/h2-5,7-8,10-11,13,15,18,22,24,32H,6,9,12,14H2,1H3,(H2,31,35)/b3-2+,7-5+/t18-,22-,24-/m1/s1. The third-order valence-corrected chi connectivity index (χ3v) is 6.08. The Kier molecular flexibility index (Phi) is 8.52. The number of aromatic nitrogens is 2. The molecule has 3 atom stereocenters. The third kappa shape index (κ3) is 6.72. The second-order valence-corrected chi connectivity index (χ2v) is 8.64. The van der Waals surface area contributed by atoms with Gasteiger partial charge in [-0.25, -0.2) is 18.2 Å². The molecular formula is C27H27F3N4O3. The number of halogens is 3. The number of pyridine rings is 2. The van der Waals surface area contributed by atoms with Crippen molar-refractivity contribution in [3.8, 4) is 5.88 Å². The zero-order valence-electron chi connectivity index (χ0n) is 20.2. The van der Waals surface area contributed by atoms with Gasteiger partial charge >= 0.3 is 0 Å². The lowest BCUT2D eigenvalue weighted by Gasteiger charge is -2.35. The average molecular weight is 513 g/mol. The predicted octanol–water partition coefficient (Wildman–Crippen LogP) is 4.16. The molecule has 3 N–H and O–H groups in total. The number of carbonyl (C=O) groups excluding carboxylic acids is 1. The number of hydrogen-bond donors (Lipinski definition) is 2. The second-order valence-electron chi connectivity index (χ2n) is 8.64. The Morgan fingerprint density at radius 3 is 2.81 bits per heavy atom. The van der Waals surface area contributed by atoms with Gasteiger partial charge in [-0.15, -0.1) is 0 Å². The van der Waals surface area contributed by atoms with Crippen molar-refractivity contribution in [2.75, 3.05) is 13.7 Å². The van der Waals surface area contributed by atoms with E-state index in [1.165, 1.54) is 13.2 Å². The van der Waals surface area contributed by atoms with Gasteiger partial charge in [0.15, 0.2) is 5.82 Å². The number of fused-ring (bicyclic) bond motifs is 1. The van der Waals surface area contributed by atoms with Crippen molar-refractivity contribution < 1.29 is 27.4 Å². The number of primary amides is 1. The SMILES string of the molecule is COc1ccc2ncc(F)c(/C=C/[C@@H]3CC[C@@H](NC/C=C/c4cc(F)ccc4F)[C@@H](CC(N)=O)O3)c2n1. The van der Waals surface area contributed by atoms with Crippen molar-refractivity contribution >= 4 is 29.1 Å². The summed E-state index contributed by atoms with van der Waals surface area (Å²) in [6.07, 6.45) is 7.98. The first-order chi connectivity index (χ1) is 17.8. The van der Waals surface area contributed by atoms with E-state index in [1.54, 1.807) is 30.4 Å². The molecule has 0 radical (unpaired) electrons. The Labute approximate surface area is 212 Å². The van der Waals surface area contributed by atoms with Crippen molar-refractivity contribution in [2.45, 2.75) is 37.5 Å². The minimum Gasteiger partial charge on any atom is -0.481 e. The van der Waals surface area contributed by atoms with E-state index in [4.69, 9.17) is 15.2 Å². The normalized spacial score (nSPS) is 20.2. The first-order valence-electron chi connectivity index (χ1n) is 11.8. The van der Waals surface area contributed by atoms with Gasteiger partial charge < -0.3 is 20.5 Å². The zero-order chi connectivity index (χ0) is 26.4. The summed E-state index contributed by atoms with van der Waals surface area (Å²) < 4.78 is 53.0. The van der Waals surface area contributed by atoms with E-state index in [9.17, 15) is 18.0 Å². The van der Waals surface area contributed by atoms with E-state index in [0.29, 0.717) is 36.3 Å². The van der Waals surface area contributed by atoms with Crippen LogP contribution >= 0.6 is 0 Å². The van der Waals surface area contributed by atoms with Gasteiger partial charge in [-0.3, -0.25) is 9.78 Å². The third-order valence-electron chi connectivity index (χ3n) is 6.08. The van der Waals surface area contributed by atoms with Crippen molar-refractivity contribution in [3.05, 3.63) is 77.3 Å². The van der Waals surface area contributed by atoms with Crippen LogP contribution in [-0.4, -0.2) is 47.8 Å². The van der Waals surface area contributed by atoms with E-state index in [2.05, 4.69) is 15.3 Å². The van der Waals surface area contributed by atoms with Gasteiger partial charge in [0.05, 0.1) is 37.5 Å². The fraction of sp³-hybridized carbons (Fsp3) is 0.296. The maximum atomic E-state index is 14.6. The fourth-order valence-corrected chi connectivity index (χ4v) is 4.25. The minimum absolute atomic E-state index is 0.00442. The summed E-state index contributed by atoms with van der Waals surface area (Å²) in [5.74, 6) is -1.75. The van der Waals surface area contributed by atoms with E-state index < -0.39 is 29.5 Å². The number of rotatable bonds is 9. The maximum absolute atomic E-state index is 14.6. The summed E-state index contributed by atoms with van der Waals surface area (Å²) >= 11 is 0. The van der Waals surface area contributed by atoms with E-state index >= 15 is 0 Å². The highest BCUT2D eigenvalue weighted by atomic mass is 19.1. The molecule has 3 heterocycles. The number of amides is 1. The number of benzene rings is 1. The van der Waals surface area contributed by atoms with E-state index in [0.717, 1.165) is 24.4 Å². The Morgan fingerprint density at radius 1 is 1.19 bits per heavy atom. The molecule has 0 spiro atoms. The monoisotopic (exact) mass is 512 g/mol. The van der Waals surface area contributed by atoms with Gasteiger partial charge in [0.25, 0.3) is 0 Å². The largest absolute Gasteiger partial charge is 0.481 e. The molecule has 2 aromatic heterocycles. The molecule has 1 saturated heterocycles. The molecular weight excluding hydrogens is 485 g/mol. The highest BCUT2D eigenvalue weighted by molar-refractivity contribution is 5.84. The lowest BCUT2D eigenvalue weighted by atomic mass is 9.95. The molecule has 4 rings (SSSR count). The van der Waals surface area contributed by atoms with Gasteiger partial charge in [0.2, 0.25) is 11.8 Å². The Balaban J connectivity index is 1.43. The number of methoxy groups -OCH3 is 1. The van der Waals surface area contributed by atoms with Crippen LogP contribution in [0.1, 0.15) is 30.4 Å². The number of nitrogens with one attached hydrogen (secondary N) is 1. The van der Waals surface area contributed by atoms with E-state index in [1.807, 2.05) is 0 Å². The average Bonchev–Trinajstić information content (AvgIpc) is 2.88. The molecule has 1 fully saturated rings. The maximum Gasteiger partial charge on any atom is 0.220 e. The van der Waals surface area contributed by atoms with Gasteiger partial charge in [0.1, 0.15) is 17.2 Å². The number of carbonyl (C=O) groups is 1. The zero-order valence-corrected chi connectivity index (χ0v) is 20.2. The molecule has 194 valence electrons. The predicted molar refractivity (Wildman–Crippen MR) is 134 cm³/mol.